The second kappa shape index (κ2) is 7.25. The molecule has 0 fully saturated rings. The lowest BCUT2D eigenvalue weighted by Crippen LogP contribution is -2.30. The Hall–Kier alpha value is -2.74. The van der Waals surface area contributed by atoms with E-state index in [0.29, 0.717) is 33.4 Å². The lowest BCUT2D eigenvalue weighted by Gasteiger charge is -2.28. The van der Waals surface area contributed by atoms with Crippen LogP contribution in [0.3, 0.4) is 0 Å². The van der Waals surface area contributed by atoms with Crippen molar-refractivity contribution in [3.8, 4) is 5.75 Å². The number of aromatic amines is 1. The van der Waals surface area contributed by atoms with Gasteiger partial charge < -0.3 is 20.1 Å². The molecule has 0 bridgehead atoms. The smallest absolute Gasteiger partial charge is 0.336 e. The number of hydrogen-bond acceptors (Lipinski definition) is 7. The van der Waals surface area contributed by atoms with Crippen LogP contribution in [0.1, 0.15) is 30.9 Å². The molecule has 1 aromatic carbocycles. The molecule has 2 heterocycles. The van der Waals surface area contributed by atoms with Gasteiger partial charge in [0.25, 0.3) is 5.56 Å². The summed E-state index contributed by atoms with van der Waals surface area (Å²) in [5.74, 6) is 0.130. The third kappa shape index (κ3) is 3.20. The Balaban J connectivity index is 2.25. The standard InChI is InChI=1S/C18H19N3O4S/c1-4-26-18-20-15-14(16(23)21-18)13(10-5-7-11(22)8-6-10)12(9(2)19-15)17(24)25-3/h5-8,13,22H,4H2,1-3H3,(H2,19,20,21,23). The molecular weight excluding hydrogens is 354 g/mol. The molecule has 7 nitrogen and oxygen atoms in total. The summed E-state index contributed by atoms with van der Waals surface area (Å²) < 4.78 is 4.93. The van der Waals surface area contributed by atoms with Crippen LogP contribution in [-0.4, -0.2) is 33.9 Å². The Morgan fingerprint density at radius 1 is 1.35 bits per heavy atom. The Morgan fingerprint density at radius 3 is 2.65 bits per heavy atom. The zero-order valence-corrected chi connectivity index (χ0v) is 15.4. The molecule has 1 aliphatic rings. The van der Waals surface area contributed by atoms with Crippen molar-refractivity contribution in [1.82, 2.24) is 9.97 Å². The molecular formula is C18H19N3O4S. The van der Waals surface area contributed by atoms with Gasteiger partial charge in [0.1, 0.15) is 11.6 Å². The zero-order valence-electron chi connectivity index (χ0n) is 14.6. The molecule has 0 radical (unpaired) electrons. The number of allylic oxidation sites excluding steroid dienone is 1. The fourth-order valence-electron chi connectivity index (χ4n) is 3.02. The van der Waals surface area contributed by atoms with Gasteiger partial charge in [0.2, 0.25) is 0 Å². The molecule has 0 saturated carbocycles. The number of H-pyrrole nitrogens is 1. The predicted molar refractivity (Wildman–Crippen MR) is 99.5 cm³/mol. The van der Waals surface area contributed by atoms with Crippen molar-refractivity contribution >= 4 is 23.5 Å². The Morgan fingerprint density at radius 2 is 2.04 bits per heavy atom. The maximum absolute atomic E-state index is 12.8. The number of esters is 1. The Labute approximate surface area is 154 Å². The molecule has 0 saturated heterocycles. The van der Waals surface area contributed by atoms with Gasteiger partial charge in [-0.2, -0.15) is 0 Å². The highest BCUT2D eigenvalue weighted by Crippen LogP contribution is 2.40. The molecule has 2 aromatic rings. The molecule has 136 valence electrons. The van der Waals surface area contributed by atoms with Crippen molar-refractivity contribution in [1.29, 1.82) is 0 Å². The number of carbonyl (C=O) groups is 1. The van der Waals surface area contributed by atoms with Crippen LogP contribution >= 0.6 is 11.8 Å². The molecule has 0 spiro atoms. The summed E-state index contributed by atoms with van der Waals surface area (Å²) in [5.41, 5.74) is 1.64. The average molecular weight is 373 g/mol. The van der Waals surface area contributed by atoms with Gasteiger partial charge in [-0.15, -0.1) is 0 Å². The number of fused-ring (bicyclic) bond motifs is 1. The molecule has 1 unspecified atom stereocenters. The van der Waals surface area contributed by atoms with Crippen LogP contribution in [0.2, 0.25) is 0 Å². The van der Waals surface area contributed by atoms with E-state index in [1.54, 1.807) is 19.1 Å². The van der Waals surface area contributed by atoms with Crippen LogP contribution in [0.5, 0.6) is 5.75 Å². The first-order chi connectivity index (χ1) is 12.5. The predicted octanol–water partition coefficient (Wildman–Crippen LogP) is 2.59. The maximum Gasteiger partial charge on any atom is 0.336 e. The normalized spacial score (nSPS) is 16.0. The number of nitrogens with zero attached hydrogens (tertiary/aromatic N) is 1. The van der Waals surface area contributed by atoms with E-state index in [2.05, 4.69) is 15.3 Å². The van der Waals surface area contributed by atoms with Gasteiger partial charge in [0.15, 0.2) is 5.16 Å². The third-order valence-corrected chi connectivity index (χ3v) is 4.89. The number of carbonyl (C=O) groups excluding carboxylic acids is 1. The minimum absolute atomic E-state index is 0.102. The van der Waals surface area contributed by atoms with Gasteiger partial charge in [-0.1, -0.05) is 30.8 Å². The van der Waals surface area contributed by atoms with Crippen LogP contribution in [0.25, 0.3) is 0 Å². The molecule has 26 heavy (non-hydrogen) atoms. The van der Waals surface area contributed by atoms with Gasteiger partial charge in [-0.3, -0.25) is 4.79 Å². The molecule has 1 aliphatic heterocycles. The summed E-state index contributed by atoms with van der Waals surface area (Å²) in [6, 6.07) is 6.40. The van der Waals surface area contributed by atoms with Crippen LogP contribution in [0.15, 0.2) is 45.5 Å². The third-order valence-electron chi connectivity index (χ3n) is 4.13. The summed E-state index contributed by atoms with van der Waals surface area (Å²) >= 11 is 1.43. The number of nitrogens with one attached hydrogen (secondary N) is 2. The average Bonchev–Trinajstić information content (AvgIpc) is 2.61. The second-order valence-corrected chi connectivity index (χ2v) is 7.00. The van der Waals surface area contributed by atoms with E-state index in [4.69, 9.17) is 4.74 Å². The molecule has 0 aliphatic carbocycles. The number of phenols is 1. The number of ether oxygens (including phenoxy) is 1. The maximum atomic E-state index is 12.8. The molecule has 3 rings (SSSR count). The number of rotatable bonds is 4. The first-order valence-electron chi connectivity index (χ1n) is 8.08. The van der Waals surface area contributed by atoms with Gasteiger partial charge >= 0.3 is 5.97 Å². The van der Waals surface area contributed by atoms with E-state index in [1.165, 1.54) is 31.0 Å². The lowest BCUT2D eigenvalue weighted by molar-refractivity contribution is -0.136. The van der Waals surface area contributed by atoms with Crippen molar-refractivity contribution in [3.63, 3.8) is 0 Å². The van der Waals surface area contributed by atoms with Crippen molar-refractivity contribution in [3.05, 3.63) is 57.0 Å². The van der Waals surface area contributed by atoms with Crippen LogP contribution in [-0.2, 0) is 9.53 Å². The summed E-state index contributed by atoms with van der Waals surface area (Å²) in [5, 5.41) is 13.2. The highest BCUT2D eigenvalue weighted by molar-refractivity contribution is 7.99. The summed E-state index contributed by atoms with van der Waals surface area (Å²) in [7, 11) is 1.30. The van der Waals surface area contributed by atoms with Crippen LogP contribution in [0.4, 0.5) is 5.82 Å². The van der Waals surface area contributed by atoms with Crippen molar-refractivity contribution in [2.75, 3.05) is 18.2 Å². The van der Waals surface area contributed by atoms with E-state index in [9.17, 15) is 14.7 Å². The van der Waals surface area contributed by atoms with Crippen LogP contribution in [0, 0.1) is 0 Å². The minimum atomic E-state index is -0.642. The van der Waals surface area contributed by atoms with Crippen molar-refractivity contribution in [2.45, 2.75) is 24.9 Å². The zero-order chi connectivity index (χ0) is 18.8. The largest absolute Gasteiger partial charge is 0.508 e. The number of anilines is 1. The van der Waals surface area contributed by atoms with Crippen molar-refractivity contribution < 1.29 is 14.6 Å². The topological polar surface area (TPSA) is 104 Å². The quantitative estimate of drug-likeness (QED) is 0.430. The first-order valence-corrected chi connectivity index (χ1v) is 9.06. The number of benzene rings is 1. The summed E-state index contributed by atoms with van der Waals surface area (Å²) in [6.45, 7) is 3.72. The Bertz CT molecular complexity index is 934. The number of phenolic OH excluding ortho intramolecular Hbond substituents is 1. The molecule has 1 aromatic heterocycles. The van der Waals surface area contributed by atoms with Gasteiger partial charge in [-0.05, 0) is 30.4 Å². The highest BCUT2D eigenvalue weighted by Gasteiger charge is 2.36. The van der Waals surface area contributed by atoms with Gasteiger partial charge in [0.05, 0.1) is 24.2 Å². The number of aromatic nitrogens is 2. The first kappa shape index (κ1) is 18.1. The van der Waals surface area contributed by atoms with E-state index in [0.717, 1.165) is 5.75 Å². The molecule has 8 heteroatoms. The summed E-state index contributed by atoms with van der Waals surface area (Å²) in [6.07, 6.45) is 0. The summed E-state index contributed by atoms with van der Waals surface area (Å²) in [4.78, 5) is 32.5. The van der Waals surface area contributed by atoms with Gasteiger partial charge in [-0.25, -0.2) is 9.78 Å². The number of methoxy groups -OCH3 is 1. The highest BCUT2D eigenvalue weighted by atomic mass is 32.2. The number of hydrogen-bond donors (Lipinski definition) is 3. The lowest BCUT2D eigenvalue weighted by atomic mass is 9.82. The Kier molecular flexibility index (Phi) is 5.03. The van der Waals surface area contributed by atoms with E-state index in [-0.39, 0.29) is 11.3 Å². The molecule has 1 atom stereocenters. The van der Waals surface area contributed by atoms with E-state index >= 15 is 0 Å². The fraction of sp³-hybridized carbons (Fsp3) is 0.278. The minimum Gasteiger partial charge on any atom is -0.508 e. The van der Waals surface area contributed by atoms with Gasteiger partial charge in [0, 0.05) is 5.70 Å². The SMILES string of the molecule is CCSc1nc2c(c(=O)[nH]1)C(c1ccc(O)cc1)C(C(=O)OC)=C(C)N2. The van der Waals surface area contributed by atoms with E-state index in [1.807, 2.05) is 6.92 Å². The number of thioether (sulfide) groups is 1. The fourth-order valence-corrected chi connectivity index (χ4v) is 3.61. The van der Waals surface area contributed by atoms with Crippen LogP contribution < -0.4 is 10.9 Å². The number of aromatic hydroxyl groups is 1. The monoisotopic (exact) mass is 373 g/mol. The molecule has 0 amide bonds. The van der Waals surface area contributed by atoms with E-state index < -0.39 is 11.9 Å². The van der Waals surface area contributed by atoms with Crippen molar-refractivity contribution in [2.24, 2.45) is 0 Å². The second-order valence-electron chi connectivity index (χ2n) is 5.75. The molecule has 3 N–H and O–H groups in total.